The lowest BCUT2D eigenvalue weighted by atomic mass is 10.1. The fourth-order valence-corrected chi connectivity index (χ4v) is 4.60. The van der Waals surface area contributed by atoms with Gasteiger partial charge in [0, 0.05) is 0 Å². The van der Waals surface area contributed by atoms with Crippen LogP contribution in [0.5, 0.6) is 23.0 Å². The molecule has 0 aliphatic carbocycles. The van der Waals surface area contributed by atoms with Crippen LogP contribution in [0, 0.1) is 0 Å². The number of halogens is 2. The number of ether oxygens (including phenoxy) is 3. The van der Waals surface area contributed by atoms with E-state index in [-0.39, 0.29) is 0 Å². The average molecular weight is 644 g/mol. The SMILES string of the molecule is CCCCCCC(Oc1ccc(Oc2ccc(OC(CCCCCC)C(=O)O)c(Br)c2)cc1Br)C(=O)O. The summed E-state index contributed by atoms with van der Waals surface area (Å²) in [5.41, 5.74) is 0. The van der Waals surface area contributed by atoms with Gasteiger partial charge in [-0.05, 0) is 93.9 Å². The highest BCUT2D eigenvalue weighted by atomic mass is 79.9. The smallest absolute Gasteiger partial charge is 0.344 e. The monoisotopic (exact) mass is 642 g/mol. The third kappa shape index (κ3) is 10.9. The van der Waals surface area contributed by atoms with Gasteiger partial charge in [0.25, 0.3) is 0 Å². The molecule has 0 aromatic heterocycles. The molecule has 2 unspecified atom stereocenters. The maximum Gasteiger partial charge on any atom is 0.344 e. The minimum Gasteiger partial charge on any atom is -0.479 e. The summed E-state index contributed by atoms with van der Waals surface area (Å²) in [6, 6.07) is 10.2. The van der Waals surface area contributed by atoms with Crippen molar-refractivity contribution in [3.05, 3.63) is 45.3 Å². The molecular weight excluding hydrogens is 608 g/mol. The second kappa shape index (κ2) is 16.6. The number of benzene rings is 2. The van der Waals surface area contributed by atoms with Crippen molar-refractivity contribution in [2.75, 3.05) is 0 Å². The van der Waals surface area contributed by atoms with Crippen LogP contribution >= 0.6 is 31.9 Å². The zero-order valence-electron chi connectivity index (χ0n) is 21.4. The number of hydrogen-bond donors (Lipinski definition) is 2. The molecule has 0 heterocycles. The van der Waals surface area contributed by atoms with Crippen molar-refractivity contribution >= 4 is 43.8 Å². The predicted octanol–water partition coefficient (Wildman–Crippen LogP) is 8.61. The highest BCUT2D eigenvalue weighted by Gasteiger charge is 2.21. The first-order valence-corrected chi connectivity index (χ1v) is 14.4. The lowest BCUT2D eigenvalue weighted by Gasteiger charge is -2.18. The molecule has 0 aliphatic heterocycles. The topological polar surface area (TPSA) is 102 Å². The van der Waals surface area contributed by atoms with Crippen molar-refractivity contribution in [2.45, 2.75) is 90.3 Å². The van der Waals surface area contributed by atoms with Gasteiger partial charge in [0.1, 0.15) is 23.0 Å². The summed E-state index contributed by atoms with van der Waals surface area (Å²) in [6.07, 6.45) is 6.94. The van der Waals surface area contributed by atoms with E-state index in [0.29, 0.717) is 44.8 Å². The van der Waals surface area contributed by atoms with Crippen molar-refractivity contribution in [3.8, 4) is 23.0 Å². The number of rotatable bonds is 18. The van der Waals surface area contributed by atoms with Crippen molar-refractivity contribution < 1.29 is 34.0 Å². The Morgan fingerprint density at radius 1 is 0.703 bits per heavy atom. The van der Waals surface area contributed by atoms with Crippen LogP contribution in [0.25, 0.3) is 0 Å². The van der Waals surface area contributed by atoms with Crippen LogP contribution in [0.15, 0.2) is 45.3 Å². The van der Waals surface area contributed by atoms with Gasteiger partial charge in [-0.1, -0.05) is 52.4 Å². The van der Waals surface area contributed by atoms with Gasteiger partial charge in [-0.2, -0.15) is 0 Å². The maximum absolute atomic E-state index is 11.6. The first kappa shape index (κ1) is 31.0. The standard InChI is InChI=1S/C28H36Br2O7/c1-3-5-7-9-11-25(27(31)32)36-23-15-13-19(17-21(23)29)35-20-14-16-24(22(30)18-20)37-26(28(33)34)12-10-8-6-4-2/h13-18,25-26H,3-12H2,1-2H3,(H,31,32)(H,33,34). The van der Waals surface area contributed by atoms with E-state index in [1.54, 1.807) is 36.4 Å². The number of aliphatic carboxylic acids is 2. The van der Waals surface area contributed by atoms with E-state index >= 15 is 0 Å². The molecule has 0 saturated heterocycles. The lowest BCUT2D eigenvalue weighted by molar-refractivity contribution is -0.146. The Balaban J connectivity index is 2.01. The number of carboxylic acid groups (broad SMARTS) is 2. The minimum absolute atomic E-state index is 0.429. The van der Waals surface area contributed by atoms with Crippen LogP contribution in [-0.4, -0.2) is 34.4 Å². The minimum atomic E-state index is -0.984. The van der Waals surface area contributed by atoms with E-state index in [1.165, 1.54) is 0 Å². The molecule has 204 valence electrons. The highest BCUT2D eigenvalue weighted by molar-refractivity contribution is 9.10. The number of hydrogen-bond acceptors (Lipinski definition) is 5. The zero-order chi connectivity index (χ0) is 27.2. The molecule has 2 rings (SSSR count). The molecule has 0 spiro atoms. The van der Waals surface area contributed by atoms with Gasteiger partial charge in [-0.3, -0.25) is 0 Å². The predicted molar refractivity (Wildman–Crippen MR) is 150 cm³/mol. The molecule has 7 nitrogen and oxygen atoms in total. The van der Waals surface area contributed by atoms with E-state index in [4.69, 9.17) is 14.2 Å². The second-order valence-electron chi connectivity index (χ2n) is 8.87. The quantitative estimate of drug-likeness (QED) is 0.157. The fourth-order valence-electron chi connectivity index (χ4n) is 3.70. The maximum atomic E-state index is 11.6. The van der Waals surface area contributed by atoms with Gasteiger partial charge < -0.3 is 24.4 Å². The van der Waals surface area contributed by atoms with Gasteiger partial charge in [-0.15, -0.1) is 0 Å². The Kier molecular flexibility index (Phi) is 13.9. The Hall–Kier alpha value is -2.26. The summed E-state index contributed by atoms with van der Waals surface area (Å²) in [7, 11) is 0. The van der Waals surface area contributed by atoms with Crippen LogP contribution in [0.4, 0.5) is 0 Å². The van der Waals surface area contributed by atoms with Crippen LogP contribution in [0.1, 0.15) is 78.1 Å². The normalized spacial score (nSPS) is 12.5. The molecule has 2 aromatic rings. The average Bonchev–Trinajstić information content (AvgIpc) is 2.85. The molecule has 0 fully saturated rings. The van der Waals surface area contributed by atoms with Crippen molar-refractivity contribution in [3.63, 3.8) is 0 Å². The Morgan fingerprint density at radius 3 is 1.43 bits per heavy atom. The number of unbranched alkanes of at least 4 members (excludes halogenated alkanes) is 6. The van der Waals surface area contributed by atoms with E-state index < -0.39 is 24.1 Å². The molecule has 0 radical (unpaired) electrons. The summed E-state index contributed by atoms with van der Waals surface area (Å²) >= 11 is 6.89. The van der Waals surface area contributed by atoms with Crippen molar-refractivity contribution in [2.24, 2.45) is 0 Å². The van der Waals surface area contributed by atoms with Gasteiger partial charge in [0.15, 0.2) is 12.2 Å². The van der Waals surface area contributed by atoms with Gasteiger partial charge >= 0.3 is 11.9 Å². The summed E-state index contributed by atoms with van der Waals surface area (Å²) < 4.78 is 18.6. The van der Waals surface area contributed by atoms with E-state index in [2.05, 4.69) is 45.7 Å². The zero-order valence-corrected chi connectivity index (χ0v) is 24.6. The fraction of sp³-hybridized carbons (Fsp3) is 0.500. The van der Waals surface area contributed by atoms with E-state index in [0.717, 1.165) is 51.4 Å². The number of carbonyl (C=O) groups is 2. The molecule has 0 saturated carbocycles. The molecule has 0 bridgehead atoms. The van der Waals surface area contributed by atoms with Crippen molar-refractivity contribution in [1.82, 2.24) is 0 Å². The van der Waals surface area contributed by atoms with E-state index in [9.17, 15) is 19.8 Å². The van der Waals surface area contributed by atoms with Gasteiger partial charge in [-0.25, -0.2) is 9.59 Å². The lowest BCUT2D eigenvalue weighted by Crippen LogP contribution is -2.27. The van der Waals surface area contributed by atoms with Crippen LogP contribution in [-0.2, 0) is 9.59 Å². The Labute approximate surface area is 235 Å². The van der Waals surface area contributed by atoms with E-state index in [1.807, 2.05) is 0 Å². The van der Waals surface area contributed by atoms with Crippen LogP contribution in [0.2, 0.25) is 0 Å². The van der Waals surface area contributed by atoms with Crippen LogP contribution < -0.4 is 14.2 Å². The van der Waals surface area contributed by atoms with Gasteiger partial charge in [0.05, 0.1) is 8.95 Å². The summed E-state index contributed by atoms with van der Waals surface area (Å²) in [5, 5.41) is 19.0. The highest BCUT2D eigenvalue weighted by Crippen LogP contribution is 2.36. The summed E-state index contributed by atoms with van der Waals surface area (Å²) in [6.45, 7) is 4.22. The Morgan fingerprint density at radius 2 is 1.11 bits per heavy atom. The first-order valence-electron chi connectivity index (χ1n) is 12.8. The molecule has 2 N–H and O–H groups in total. The first-order chi connectivity index (χ1) is 17.7. The molecule has 2 atom stereocenters. The molecule has 0 aliphatic rings. The third-order valence-electron chi connectivity index (χ3n) is 5.77. The molecular formula is C28H36Br2O7. The Bertz CT molecular complexity index is 933. The molecule has 0 amide bonds. The molecule has 37 heavy (non-hydrogen) atoms. The van der Waals surface area contributed by atoms with Gasteiger partial charge in [0.2, 0.25) is 0 Å². The molecule has 9 heteroatoms. The molecule has 2 aromatic carbocycles. The van der Waals surface area contributed by atoms with Crippen molar-refractivity contribution in [1.29, 1.82) is 0 Å². The van der Waals surface area contributed by atoms with Crippen LogP contribution in [0.3, 0.4) is 0 Å². The summed E-state index contributed by atoms with van der Waals surface area (Å²) in [5.74, 6) is -0.0653. The summed E-state index contributed by atoms with van der Waals surface area (Å²) in [4.78, 5) is 23.2. The largest absolute Gasteiger partial charge is 0.479 e. The number of carboxylic acids is 2. The second-order valence-corrected chi connectivity index (χ2v) is 10.6. The third-order valence-corrected chi connectivity index (χ3v) is 7.01.